The molecule has 5 nitrogen and oxygen atoms in total. The summed E-state index contributed by atoms with van der Waals surface area (Å²) in [5.74, 6) is 0.140. The number of methoxy groups -OCH3 is 1. The van der Waals surface area contributed by atoms with E-state index in [1.54, 1.807) is 12.1 Å². The monoisotopic (exact) mass is 384 g/mol. The average molecular weight is 385 g/mol. The van der Waals surface area contributed by atoms with Crippen LogP contribution in [0.3, 0.4) is 0 Å². The van der Waals surface area contributed by atoms with Gasteiger partial charge in [-0.2, -0.15) is 8.42 Å². The van der Waals surface area contributed by atoms with Gasteiger partial charge in [-0.3, -0.25) is 4.79 Å². The lowest BCUT2D eigenvalue weighted by Crippen LogP contribution is -2.11. The molecule has 2 rings (SSSR count). The third kappa shape index (κ3) is 3.48. The zero-order valence-electron chi connectivity index (χ0n) is 11.9. The minimum absolute atomic E-state index is 0.00586. The molecule has 0 fully saturated rings. The van der Waals surface area contributed by atoms with Crippen molar-refractivity contribution >= 4 is 32.3 Å². The van der Waals surface area contributed by atoms with Gasteiger partial charge < -0.3 is 8.92 Å². The molecule has 7 heteroatoms. The summed E-state index contributed by atoms with van der Waals surface area (Å²) >= 11 is 3.19. The van der Waals surface area contributed by atoms with Crippen LogP contribution in [0.15, 0.2) is 45.8 Å². The largest absolute Gasteiger partial charge is 0.493 e. The Labute approximate surface area is 137 Å². The number of aldehydes is 1. The SMILES string of the molecule is COc1cc(C=O)cc(Br)c1OS(=O)(=O)c1ccc(C)cc1. The summed E-state index contributed by atoms with van der Waals surface area (Å²) in [6.07, 6.45) is 0.630. The molecular weight excluding hydrogens is 372 g/mol. The van der Waals surface area contributed by atoms with Crippen LogP contribution < -0.4 is 8.92 Å². The van der Waals surface area contributed by atoms with Crippen LogP contribution in [-0.2, 0) is 10.1 Å². The van der Waals surface area contributed by atoms with Crippen LogP contribution in [0.5, 0.6) is 11.5 Å². The van der Waals surface area contributed by atoms with Crippen molar-refractivity contribution in [1.82, 2.24) is 0 Å². The third-order valence-corrected chi connectivity index (χ3v) is 4.72. The quantitative estimate of drug-likeness (QED) is 0.583. The van der Waals surface area contributed by atoms with Gasteiger partial charge >= 0.3 is 10.1 Å². The molecular formula is C15H13BrO5S. The lowest BCUT2D eigenvalue weighted by atomic mass is 10.2. The molecule has 0 atom stereocenters. The molecule has 0 saturated carbocycles. The molecule has 0 aliphatic heterocycles. The van der Waals surface area contributed by atoms with Crippen LogP contribution in [0.25, 0.3) is 0 Å². The highest BCUT2D eigenvalue weighted by molar-refractivity contribution is 9.10. The zero-order chi connectivity index (χ0) is 16.3. The maximum atomic E-state index is 12.3. The van der Waals surface area contributed by atoms with Gasteiger partial charge in [0.25, 0.3) is 0 Å². The molecule has 0 aliphatic rings. The number of halogens is 1. The number of rotatable bonds is 5. The summed E-state index contributed by atoms with van der Waals surface area (Å²) in [7, 11) is -2.64. The summed E-state index contributed by atoms with van der Waals surface area (Å²) < 4.78 is 35.2. The number of hydrogen-bond donors (Lipinski definition) is 0. The van der Waals surface area contributed by atoms with Crippen molar-refractivity contribution in [2.75, 3.05) is 7.11 Å². The number of carbonyl (C=O) groups is 1. The fraction of sp³-hybridized carbons (Fsp3) is 0.133. The van der Waals surface area contributed by atoms with Crippen molar-refractivity contribution in [3.05, 3.63) is 52.0 Å². The van der Waals surface area contributed by atoms with Gasteiger partial charge in [0.05, 0.1) is 11.6 Å². The van der Waals surface area contributed by atoms with Gasteiger partial charge in [-0.15, -0.1) is 0 Å². The second-order valence-corrected chi connectivity index (χ2v) is 6.90. The van der Waals surface area contributed by atoms with Gasteiger partial charge in [0.15, 0.2) is 11.5 Å². The fourth-order valence-electron chi connectivity index (χ4n) is 1.75. The van der Waals surface area contributed by atoms with Gasteiger partial charge in [-0.1, -0.05) is 17.7 Å². The Kier molecular flexibility index (Phi) is 4.87. The maximum absolute atomic E-state index is 12.3. The zero-order valence-corrected chi connectivity index (χ0v) is 14.3. The minimum atomic E-state index is -4.00. The van der Waals surface area contributed by atoms with Crippen LogP contribution in [0.1, 0.15) is 15.9 Å². The lowest BCUT2D eigenvalue weighted by Gasteiger charge is -2.13. The predicted molar refractivity (Wildman–Crippen MR) is 85.1 cm³/mol. The maximum Gasteiger partial charge on any atom is 0.339 e. The Balaban J connectivity index is 2.45. The lowest BCUT2D eigenvalue weighted by molar-refractivity contribution is 0.112. The summed E-state index contributed by atoms with van der Waals surface area (Å²) in [4.78, 5) is 10.9. The first kappa shape index (κ1) is 16.5. The van der Waals surface area contributed by atoms with E-state index in [2.05, 4.69) is 15.9 Å². The third-order valence-electron chi connectivity index (χ3n) is 2.89. The topological polar surface area (TPSA) is 69.7 Å². The molecule has 0 bridgehead atoms. The summed E-state index contributed by atoms with van der Waals surface area (Å²) in [6, 6.07) is 9.14. The molecule has 0 heterocycles. The molecule has 0 spiro atoms. The van der Waals surface area contributed by atoms with E-state index in [-0.39, 0.29) is 16.4 Å². The summed E-state index contributed by atoms with van der Waals surface area (Å²) in [6.45, 7) is 1.86. The summed E-state index contributed by atoms with van der Waals surface area (Å²) in [5.41, 5.74) is 1.27. The predicted octanol–water partition coefficient (Wildman–Crippen LogP) is 3.35. The molecule has 2 aromatic carbocycles. The molecule has 0 radical (unpaired) electrons. The van der Waals surface area contributed by atoms with Crippen LogP contribution in [0, 0.1) is 6.92 Å². The number of benzene rings is 2. The van der Waals surface area contributed by atoms with Crippen molar-refractivity contribution in [3.8, 4) is 11.5 Å². The van der Waals surface area contributed by atoms with Crippen LogP contribution >= 0.6 is 15.9 Å². The van der Waals surface area contributed by atoms with Crippen LogP contribution in [0.2, 0.25) is 0 Å². The van der Waals surface area contributed by atoms with Gasteiger partial charge in [0, 0.05) is 5.56 Å². The second-order valence-electron chi connectivity index (χ2n) is 4.50. The second kappa shape index (κ2) is 6.50. The fourth-order valence-corrected chi connectivity index (χ4v) is 3.36. The molecule has 0 N–H and O–H groups in total. The Morgan fingerprint density at radius 1 is 1.14 bits per heavy atom. The van der Waals surface area contributed by atoms with E-state index in [0.29, 0.717) is 16.3 Å². The first-order valence-electron chi connectivity index (χ1n) is 6.21. The van der Waals surface area contributed by atoms with Crippen LogP contribution in [0.4, 0.5) is 0 Å². The summed E-state index contributed by atoms with van der Waals surface area (Å²) in [5, 5.41) is 0. The highest BCUT2D eigenvalue weighted by Crippen LogP contribution is 2.38. The normalized spacial score (nSPS) is 11.0. The molecule has 0 aromatic heterocycles. The van der Waals surface area contributed by atoms with Crippen molar-refractivity contribution in [2.24, 2.45) is 0 Å². The van der Waals surface area contributed by atoms with E-state index >= 15 is 0 Å². The smallest absolute Gasteiger partial charge is 0.339 e. The van der Waals surface area contributed by atoms with E-state index in [9.17, 15) is 13.2 Å². The molecule has 0 amide bonds. The minimum Gasteiger partial charge on any atom is -0.493 e. The number of aryl methyl sites for hydroxylation is 1. The standard InChI is InChI=1S/C15H13BrO5S/c1-10-3-5-12(6-4-10)22(18,19)21-15-13(16)7-11(9-17)8-14(15)20-2/h3-9H,1-2H3. The van der Waals surface area contributed by atoms with Gasteiger partial charge in [-0.05, 0) is 47.1 Å². The van der Waals surface area contributed by atoms with E-state index in [1.807, 2.05) is 6.92 Å². The van der Waals surface area contributed by atoms with E-state index in [0.717, 1.165) is 5.56 Å². The first-order chi connectivity index (χ1) is 10.4. The van der Waals surface area contributed by atoms with Crippen LogP contribution in [-0.4, -0.2) is 21.8 Å². The highest BCUT2D eigenvalue weighted by atomic mass is 79.9. The van der Waals surface area contributed by atoms with Crippen molar-refractivity contribution in [3.63, 3.8) is 0 Å². The molecule has 22 heavy (non-hydrogen) atoms. The van der Waals surface area contributed by atoms with E-state index in [1.165, 1.54) is 31.4 Å². The molecule has 0 aliphatic carbocycles. The molecule has 116 valence electrons. The molecule has 2 aromatic rings. The first-order valence-corrected chi connectivity index (χ1v) is 8.41. The Hall–Kier alpha value is -1.86. The number of hydrogen-bond acceptors (Lipinski definition) is 5. The van der Waals surface area contributed by atoms with Gasteiger partial charge in [-0.25, -0.2) is 0 Å². The van der Waals surface area contributed by atoms with Gasteiger partial charge in [0.1, 0.15) is 11.2 Å². The Morgan fingerprint density at radius 2 is 1.77 bits per heavy atom. The number of carbonyl (C=O) groups excluding carboxylic acids is 1. The van der Waals surface area contributed by atoms with E-state index < -0.39 is 10.1 Å². The number of ether oxygens (including phenoxy) is 1. The Bertz CT molecular complexity index is 797. The molecule has 0 saturated heterocycles. The van der Waals surface area contributed by atoms with Crippen molar-refractivity contribution in [2.45, 2.75) is 11.8 Å². The van der Waals surface area contributed by atoms with Gasteiger partial charge in [0.2, 0.25) is 0 Å². The highest BCUT2D eigenvalue weighted by Gasteiger charge is 2.21. The average Bonchev–Trinajstić information content (AvgIpc) is 2.49. The van der Waals surface area contributed by atoms with Crippen molar-refractivity contribution in [1.29, 1.82) is 0 Å². The Morgan fingerprint density at radius 3 is 2.32 bits per heavy atom. The molecule has 0 unspecified atom stereocenters. The van der Waals surface area contributed by atoms with E-state index in [4.69, 9.17) is 8.92 Å². The van der Waals surface area contributed by atoms with Crippen molar-refractivity contribution < 1.29 is 22.1 Å².